The largest absolute Gasteiger partial charge is 3.00 e. The number of phosphoric acid groups is 3. The van der Waals surface area contributed by atoms with Crippen LogP contribution in [0.2, 0.25) is 0 Å². The smallest absolute Gasteiger partial charge is 0.756 e. The first-order valence-electron chi connectivity index (χ1n) is 3.42. The zero-order valence-electron chi connectivity index (χ0n) is 9.69. The summed E-state index contributed by atoms with van der Waals surface area (Å²) in [5, 5.41) is 7.60. The molecule has 0 bridgehead atoms. The van der Waals surface area contributed by atoms with Gasteiger partial charge in [-0.05, 0) is 0 Å². The molecule has 0 aliphatic heterocycles. The van der Waals surface area contributed by atoms with Crippen molar-refractivity contribution in [1.82, 2.24) is 0 Å². The third-order valence-electron chi connectivity index (χ3n) is 0.175. The fourth-order valence-corrected chi connectivity index (χ4v) is 0. The minimum atomic E-state index is -4.89. The SMILES string of the molecule is C=CC(=O)O.O=P([O-])(O)O.O=P([O-])(O)O.O=P([O-])(O)O.[Al+3]. The predicted octanol–water partition coefficient (Wildman–Crippen LogP) is -4.81. The minimum Gasteiger partial charge on any atom is -0.756 e. The molecule has 0 fully saturated rings. The van der Waals surface area contributed by atoms with Gasteiger partial charge in [0, 0.05) is 6.08 Å². The molecule has 0 radical (unpaired) electrons. The van der Waals surface area contributed by atoms with Crippen LogP contribution in [0.5, 0.6) is 0 Å². The maximum absolute atomic E-state index is 9.25. The molecule has 0 atom stereocenters. The van der Waals surface area contributed by atoms with Crippen LogP contribution in [0, 0.1) is 0 Å². The Labute approximate surface area is 127 Å². The maximum Gasteiger partial charge on any atom is 3.00 e. The van der Waals surface area contributed by atoms with Crippen LogP contribution < -0.4 is 14.7 Å². The molecule has 0 aliphatic rings. The van der Waals surface area contributed by atoms with Gasteiger partial charge in [-0.2, -0.15) is 0 Å². The monoisotopic (exact) mass is 390 g/mol. The number of carboxylic acids is 1. The number of hydrogen-bond donors (Lipinski definition) is 7. The Kier molecular flexibility index (Phi) is 23.5. The maximum atomic E-state index is 9.25. The van der Waals surface area contributed by atoms with E-state index < -0.39 is 29.4 Å². The predicted molar refractivity (Wildman–Crippen MR) is 59.7 cm³/mol. The van der Waals surface area contributed by atoms with Gasteiger partial charge in [-0.3, -0.25) is 13.7 Å². The average molecular weight is 390 g/mol. The number of carbonyl (C=O) groups is 1. The van der Waals surface area contributed by atoms with E-state index in [1.807, 2.05) is 0 Å². The fraction of sp³-hybridized carbons (Fsp3) is 0. The van der Waals surface area contributed by atoms with Crippen molar-refractivity contribution in [2.75, 3.05) is 0 Å². The van der Waals surface area contributed by atoms with Gasteiger partial charge in [0.25, 0.3) is 23.5 Å². The van der Waals surface area contributed by atoms with E-state index in [-0.39, 0.29) is 17.4 Å². The standard InChI is InChI=1S/C3H4O2.Al.3H3O4P/c1-2-3(4)5;;3*1-5(2,3)4/h2H,1H2,(H,4,5);;3*(H3,1,2,3,4)/q;+3;;;/p-3. The van der Waals surface area contributed by atoms with E-state index in [0.717, 1.165) is 6.08 Å². The van der Waals surface area contributed by atoms with Gasteiger partial charge in [-0.1, -0.05) is 6.58 Å². The van der Waals surface area contributed by atoms with Gasteiger partial charge in [0.15, 0.2) is 0 Å². The summed E-state index contributed by atoms with van der Waals surface area (Å²) in [5.74, 6) is -0.981. The molecular formula is C3H10AlO14P3. The van der Waals surface area contributed by atoms with E-state index in [1.165, 1.54) is 0 Å². The normalized spacial score (nSPS) is 9.95. The Morgan fingerprint density at radius 1 is 0.810 bits per heavy atom. The molecule has 0 heterocycles. The zero-order chi connectivity index (χ0) is 17.8. The van der Waals surface area contributed by atoms with Crippen LogP contribution in [0.1, 0.15) is 0 Å². The Balaban J connectivity index is -0.0000000533. The molecule has 14 nitrogen and oxygen atoms in total. The van der Waals surface area contributed by atoms with Gasteiger partial charge in [-0.15, -0.1) is 0 Å². The van der Waals surface area contributed by atoms with Gasteiger partial charge < -0.3 is 49.1 Å². The first-order chi connectivity index (χ1) is 8.27. The van der Waals surface area contributed by atoms with Crippen LogP contribution >= 0.6 is 23.5 Å². The molecule has 0 amide bonds. The van der Waals surface area contributed by atoms with Gasteiger partial charge in [-0.25, -0.2) is 4.79 Å². The first-order valence-corrected chi connectivity index (χ1v) is 8.01. The van der Waals surface area contributed by atoms with Crippen molar-refractivity contribution in [2.24, 2.45) is 0 Å². The van der Waals surface area contributed by atoms with E-state index in [0.29, 0.717) is 0 Å². The summed E-state index contributed by atoms with van der Waals surface area (Å²) in [6.07, 6.45) is 0.833. The van der Waals surface area contributed by atoms with Crippen molar-refractivity contribution in [3.05, 3.63) is 12.7 Å². The van der Waals surface area contributed by atoms with Gasteiger partial charge in [0.05, 0.1) is 0 Å². The van der Waals surface area contributed by atoms with Gasteiger partial charge in [0.1, 0.15) is 0 Å². The second-order valence-electron chi connectivity index (χ2n) is 2.01. The Morgan fingerprint density at radius 2 is 0.857 bits per heavy atom. The Hall–Kier alpha value is 0.0725. The van der Waals surface area contributed by atoms with Crippen molar-refractivity contribution in [2.45, 2.75) is 0 Å². The number of aliphatic carboxylic acids is 1. The number of carboxylic acid groups (broad SMARTS) is 1. The second-order valence-corrected chi connectivity index (χ2v) is 4.96. The van der Waals surface area contributed by atoms with Crippen LogP contribution in [0.4, 0.5) is 0 Å². The molecule has 18 heteroatoms. The van der Waals surface area contributed by atoms with Crippen molar-refractivity contribution >= 4 is 46.8 Å². The molecule has 0 aliphatic carbocycles. The number of hydrogen-bond acceptors (Lipinski definition) is 7. The van der Waals surface area contributed by atoms with Crippen LogP contribution in [-0.4, -0.2) is 57.8 Å². The van der Waals surface area contributed by atoms with Crippen molar-refractivity contribution in [3.8, 4) is 0 Å². The molecular weight excluding hydrogens is 380 g/mol. The molecule has 0 spiro atoms. The molecule has 0 saturated carbocycles. The molecule has 0 rings (SSSR count). The van der Waals surface area contributed by atoms with E-state index in [4.69, 9.17) is 62.8 Å². The van der Waals surface area contributed by atoms with Crippen LogP contribution in [0.15, 0.2) is 12.7 Å². The molecule has 0 aromatic carbocycles. The summed E-state index contributed by atoms with van der Waals surface area (Å²) in [5.41, 5.74) is 0. The third kappa shape index (κ3) is 1530. The quantitative estimate of drug-likeness (QED) is 0.126. The topological polar surface area (TPSA) is 279 Å². The van der Waals surface area contributed by atoms with Crippen molar-refractivity contribution in [3.63, 3.8) is 0 Å². The molecule has 0 unspecified atom stereocenters. The summed E-state index contributed by atoms with van der Waals surface area (Å²) in [7, 11) is -14.7. The van der Waals surface area contributed by atoms with Crippen molar-refractivity contribution in [1.29, 1.82) is 0 Å². The molecule has 0 saturated heterocycles. The molecule has 0 aromatic heterocycles. The molecule has 124 valence electrons. The summed E-state index contributed by atoms with van der Waals surface area (Å²) in [4.78, 5) is 78.0. The second kappa shape index (κ2) is 15.0. The summed E-state index contributed by atoms with van der Waals surface area (Å²) in [6, 6.07) is 0. The zero-order valence-corrected chi connectivity index (χ0v) is 13.5. The van der Waals surface area contributed by atoms with Crippen LogP contribution in [0.3, 0.4) is 0 Å². The number of rotatable bonds is 1. The fourth-order valence-electron chi connectivity index (χ4n) is 0. The van der Waals surface area contributed by atoms with E-state index in [9.17, 15) is 4.79 Å². The van der Waals surface area contributed by atoms with E-state index >= 15 is 0 Å². The van der Waals surface area contributed by atoms with E-state index in [1.54, 1.807) is 0 Å². The summed E-state index contributed by atoms with van der Waals surface area (Å²) >= 11 is 0. The third-order valence-corrected chi connectivity index (χ3v) is 0.175. The Morgan fingerprint density at radius 3 is 0.857 bits per heavy atom. The van der Waals surface area contributed by atoms with E-state index in [2.05, 4.69) is 6.58 Å². The van der Waals surface area contributed by atoms with Gasteiger partial charge in [0.2, 0.25) is 0 Å². The summed E-state index contributed by atoms with van der Waals surface area (Å²) in [6.45, 7) is 2.96. The van der Waals surface area contributed by atoms with Crippen LogP contribution in [0.25, 0.3) is 0 Å². The molecule has 21 heavy (non-hydrogen) atoms. The van der Waals surface area contributed by atoms with Crippen molar-refractivity contribution < 1.29 is 67.6 Å². The minimum absolute atomic E-state index is 0. The molecule has 7 N–H and O–H groups in total. The average Bonchev–Trinajstić information content (AvgIpc) is 1.93. The van der Waals surface area contributed by atoms with Gasteiger partial charge >= 0.3 is 23.3 Å². The van der Waals surface area contributed by atoms with Crippen LogP contribution in [-0.2, 0) is 18.5 Å². The molecule has 0 aromatic rings. The first kappa shape index (κ1) is 32.9. The Bertz CT molecular complexity index is 327. The summed E-state index contributed by atoms with van der Waals surface area (Å²) < 4.78 is 26.3.